The molecule has 2 aromatic carbocycles. The summed E-state index contributed by atoms with van der Waals surface area (Å²) in [5.41, 5.74) is -0.756. The van der Waals surface area contributed by atoms with E-state index >= 15 is 0 Å². The number of aldehydes is 1. The Labute approximate surface area is 424 Å². The maximum atomic E-state index is 14.1. The molecule has 2 aromatic rings. The van der Waals surface area contributed by atoms with Gasteiger partial charge >= 0.3 is 6.09 Å². The van der Waals surface area contributed by atoms with Gasteiger partial charge in [0.2, 0.25) is 0 Å². The summed E-state index contributed by atoms with van der Waals surface area (Å²) in [6, 6.07) is 0. The van der Waals surface area contributed by atoms with Gasteiger partial charge in [0, 0.05) is 113 Å². The zero-order valence-corrected chi connectivity index (χ0v) is 44.1. The number of aliphatic hydroxyl groups excluding tert-OH is 3. The number of aromatic hydroxyl groups is 2. The number of hydrogen-bond donors (Lipinski definition) is 6. The van der Waals surface area contributed by atoms with E-state index in [1.54, 1.807) is 57.7 Å². The average Bonchev–Trinajstić information content (AvgIpc) is 4.29. The fraction of sp³-hybridized carbons (Fsp3) is 0.655. The summed E-state index contributed by atoms with van der Waals surface area (Å²) in [5.74, 6) is -2.19. The van der Waals surface area contributed by atoms with Crippen molar-refractivity contribution in [2.45, 2.75) is 137 Å². The maximum Gasteiger partial charge on any atom is 0.410 e. The summed E-state index contributed by atoms with van der Waals surface area (Å²) < 4.78 is 18.2. The van der Waals surface area contributed by atoms with Gasteiger partial charge in [0.25, 0.3) is 5.91 Å². The number of allylic oxidation sites excluding steroid dienone is 2. The largest absolute Gasteiger partial charge is 0.516 e. The molecule has 396 valence electrons. The van der Waals surface area contributed by atoms with Crippen molar-refractivity contribution in [1.82, 2.24) is 14.7 Å². The Hall–Kier alpha value is -5.07. The number of likely N-dealkylation sites (tertiary alicyclic amines) is 1. The molecule has 5 aliphatic rings. The first-order valence-electron chi connectivity index (χ1n) is 26.1. The SMILES string of the molecule is CO[C@@H](/C=C/O)[C@@H](C)[C@@H](OC(=O)N1CCN(CC2CC2)CC1)[C@H](C)[C@H](O)[C@H](C)[C@@H](O)[C@@H](C)/C=C/C=C(/C)C(=O)Nc1c(O)c2c(O)c(C)c(OC3(C)CC3)c(C=O)c2c2c1=NC1(CCN(CC(C)C)CC1)N=2. The number of nitrogens with one attached hydrogen (secondary N) is 1. The number of piperidine rings is 1. The molecule has 0 radical (unpaired) electrons. The van der Waals surface area contributed by atoms with Crippen LogP contribution in [0.2, 0.25) is 0 Å². The second kappa shape index (κ2) is 22.6. The highest BCUT2D eigenvalue weighted by atomic mass is 16.6. The average molecular weight is 1000 g/mol. The lowest BCUT2D eigenvalue weighted by Crippen LogP contribution is -2.52. The minimum Gasteiger partial charge on any atom is -0.516 e. The highest BCUT2D eigenvalue weighted by Gasteiger charge is 2.44. The van der Waals surface area contributed by atoms with Crippen LogP contribution in [-0.4, -0.2) is 154 Å². The summed E-state index contributed by atoms with van der Waals surface area (Å²) >= 11 is 0. The van der Waals surface area contributed by atoms with Gasteiger partial charge < -0.3 is 54.9 Å². The van der Waals surface area contributed by atoms with E-state index in [4.69, 9.17) is 24.2 Å². The maximum absolute atomic E-state index is 14.1. The smallest absolute Gasteiger partial charge is 0.410 e. The minimum absolute atomic E-state index is 0.0305. The fourth-order valence-corrected chi connectivity index (χ4v) is 10.7. The van der Waals surface area contributed by atoms with Gasteiger partial charge in [-0.1, -0.05) is 59.8 Å². The monoisotopic (exact) mass is 1000 g/mol. The Kier molecular flexibility index (Phi) is 17.2. The van der Waals surface area contributed by atoms with Gasteiger partial charge in [-0.3, -0.25) is 24.5 Å². The molecule has 2 saturated carbocycles. The number of carbonyl (C=O) groups excluding carboxylic acids is 3. The van der Waals surface area contributed by atoms with Crippen molar-refractivity contribution in [2.75, 3.05) is 64.8 Å². The van der Waals surface area contributed by atoms with Crippen molar-refractivity contribution in [2.24, 2.45) is 45.5 Å². The number of phenolic OH excluding ortho intramolecular Hbond substituents is 2. The van der Waals surface area contributed by atoms with Crippen LogP contribution < -0.4 is 20.8 Å². The van der Waals surface area contributed by atoms with E-state index in [9.17, 15) is 39.9 Å². The summed E-state index contributed by atoms with van der Waals surface area (Å²) in [7, 11) is 1.50. The molecule has 0 aromatic heterocycles. The van der Waals surface area contributed by atoms with Crippen LogP contribution in [0, 0.1) is 42.4 Å². The number of anilines is 1. The fourth-order valence-electron chi connectivity index (χ4n) is 10.7. The van der Waals surface area contributed by atoms with Crippen LogP contribution in [-0.2, 0) is 14.3 Å². The lowest BCUT2D eigenvalue weighted by molar-refractivity contribution is -0.112. The standard InChI is InChI=1S/C55H80N6O11/c1-31(2)28-59-21-19-55(20-22-59)57-43-41-39(30-63)51(72-54(9)17-18-54)37(8)48(66)42(41)49(67)45(44(43)58-55)56-52(68)33(4)13-11-12-32(3)46(64)35(6)47(65)36(7)50(34(5)40(70-10)16-27-62)71-53(69)61-25-23-60(24-26-61)29-38-14-15-38/h11-13,16,27,30-32,34-36,38,40,46-47,50,62,64-67H,14-15,17-26,28-29H2,1-10H3,(H,56,68)/b12-11+,27-16+,33-13-/t32-,34+,35+,36+,40-,46-,47+,50+/m0/s1. The number of fused-ring (bicyclic) bond motifs is 3. The summed E-state index contributed by atoms with van der Waals surface area (Å²) in [6.07, 6.45) is 9.07. The molecule has 4 fully saturated rings. The summed E-state index contributed by atoms with van der Waals surface area (Å²) in [5, 5.41) is 60.5. The number of carbonyl (C=O) groups is 3. The molecule has 17 nitrogen and oxygen atoms in total. The third-order valence-electron chi connectivity index (χ3n) is 15.9. The van der Waals surface area contributed by atoms with Crippen molar-refractivity contribution in [3.63, 3.8) is 0 Å². The molecule has 2 amide bonds. The van der Waals surface area contributed by atoms with Crippen molar-refractivity contribution < 1.29 is 54.1 Å². The van der Waals surface area contributed by atoms with E-state index in [2.05, 4.69) is 29.0 Å². The number of piperazine rings is 1. The summed E-state index contributed by atoms with van der Waals surface area (Å²) in [4.78, 5) is 57.5. The third-order valence-corrected chi connectivity index (χ3v) is 15.9. The van der Waals surface area contributed by atoms with Crippen LogP contribution in [0.15, 0.2) is 46.1 Å². The first-order chi connectivity index (χ1) is 34.1. The van der Waals surface area contributed by atoms with E-state index in [1.807, 2.05) is 13.8 Å². The third kappa shape index (κ3) is 12.0. The molecule has 0 bridgehead atoms. The van der Waals surface area contributed by atoms with Gasteiger partial charge in [-0.2, -0.15) is 0 Å². The topological polar surface area (TPSA) is 227 Å². The highest BCUT2D eigenvalue weighted by molar-refractivity contribution is 6.11. The number of ether oxygens (including phenoxy) is 3. The number of nitrogens with zero attached hydrogens (tertiary/aromatic N) is 5. The van der Waals surface area contributed by atoms with Crippen molar-refractivity contribution in [1.29, 1.82) is 0 Å². The van der Waals surface area contributed by atoms with Crippen molar-refractivity contribution in [3.05, 3.63) is 58.0 Å². The Bertz CT molecular complexity index is 2540. The molecule has 3 aliphatic heterocycles. The molecule has 8 atom stereocenters. The lowest BCUT2D eigenvalue weighted by atomic mass is 9.78. The Morgan fingerprint density at radius 2 is 1.50 bits per heavy atom. The molecular weight excluding hydrogens is 921 g/mol. The predicted octanol–water partition coefficient (Wildman–Crippen LogP) is 6.33. The van der Waals surface area contributed by atoms with E-state index in [-0.39, 0.29) is 50.0 Å². The second-order valence-corrected chi connectivity index (χ2v) is 22.2. The van der Waals surface area contributed by atoms with Gasteiger partial charge in [0.15, 0.2) is 17.7 Å². The zero-order valence-electron chi connectivity index (χ0n) is 44.1. The van der Waals surface area contributed by atoms with Crippen LogP contribution in [0.1, 0.15) is 110 Å². The second-order valence-electron chi connectivity index (χ2n) is 22.2. The number of amides is 2. The molecule has 0 unspecified atom stereocenters. The van der Waals surface area contributed by atoms with Crippen molar-refractivity contribution >= 4 is 34.7 Å². The van der Waals surface area contributed by atoms with Gasteiger partial charge in [-0.25, -0.2) is 4.79 Å². The number of aliphatic hydroxyl groups is 3. The van der Waals surface area contributed by atoms with Crippen LogP contribution in [0.3, 0.4) is 0 Å². The van der Waals surface area contributed by atoms with Gasteiger partial charge in [-0.05, 0) is 64.4 Å². The Balaban J connectivity index is 1.09. The molecule has 3 heterocycles. The van der Waals surface area contributed by atoms with E-state index in [1.165, 1.54) is 26.0 Å². The first kappa shape index (κ1) is 54.7. The molecule has 17 heteroatoms. The molecule has 7 rings (SSSR count). The first-order valence-corrected chi connectivity index (χ1v) is 26.1. The quantitative estimate of drug-likeness (QED) is 0.0265. The molecule has 6 N–H and O–H groups in total. The van der Waals surface area contributed by atoms with E-state index in [0.29, 0.717) is 43.5 Å². The Morgan fingerprint density at radius 1 is 0.847 bits per heavy atom. The summed E-state index contributed by atoms with van der Waals surface area (Å²) in [6.45, 7) is 22.7. The molecule has 72 heavy (non-hydrogen) atoms. The lowest BCUT2D eigenvalue weighted by Gasteiger charge is -2.40. The van der Waals surface area contributed by atoms with E-state index < -0.39 is 77.1 Å². The predicted molar refractivity (Wildman–Crippen MR) is 275 cm³/mol. The normalized spacial score (nSPS) is 22.5. The van der Waals surface area contributed by atoms with Gasteiger partial charge in [0.1, 0.15) is 34.2 Å². The highest BCUT2D eigenvalue weighted by Crippen LogP contribution is 2.48. The van der Waals surface area contributed by atoms with Crippen molar-refractivity contribution in [3.8, 4) is 17.2 Å². The number of hydrogen-bond acceptors (Lipinski definition) is 15. The number of rotatable bonds is 21. The van der Waals surface area contributed by atoms with Crippen LogP contribution >= 0.6 is 0 Å². The van der Waals surface area contributed by atoms with Gasteiger partial charge in [0.05, 0.1) is 40.9 Å². The van der Waals surface area contributed by atoms with Gasteiger partial charge in [-0.15, -0.1) is 0 Å². The number of phenols is 2. The van der Waals surface area contributed by atoms with Crippen LogP contribution in [0.25, 0.3) is 10.8 Å². The zero-order chi connectivity index (χ0) is 52.4. The van der Waals surface area contributed by atoms with Crippen LogP contribution in [0.4, 0.5) is 10.5 Å². The number of benzene rings is 2. The molecule has 2 saturated heterocycles. The number of methoxy groups -OCH3 is 1. The molecule has 2 aliphatic carbocycles. The van der Waals surface area contributed by atoms with E-state index in [0.717, 1.165) is 64.3 Å². The minimum atomic E-state index is -1.13. The molecule has 1 spiro atoms. The molecular formula is C55H80N6O11. The Morgan fingerprint density at radius 3 is 2.08 bits per heavy atom. The van der Waals surface area contributed by atoms with Crippen LogP contribution in [0.5, 0.6) is 17.2 Å².